The molecule has 0 aromatic heterocycles. The molecule has 9 nitrogen and oxygen atoms in total. The molecule has 2 fully saturated rings. The number of rotatable bonds is 4. The molecule has 9 heteroatoms. The Kier molecular flexibility index (Phi) is 7.26. The molecule has 2 aliphatic heterocycles. The van der Waals surface area contributed by atoms with Gasteiger partial charge in [0.05, 0.1) is 7.11 Å². The Balaban J connectivity index is 1.47. The van der Waals surface area contributed by atoms with Gasteiger partial charge in [0, 0.05) is 44.0 Å². The average Bonchev–Trinajstić information content (AvgIpc) is 2.77. The fourth-order valence-corrected chi connectivity index (χ4v) is 3.78. The Morgan fingerprint density at radius 1 is 1.10 bits per heavy atom. The van der Waals surface area contributed by atoms with E-state index in [1.807, 2.05) is 6.07 Å². The highest BCUT2D eigenvalue weighted by atomic mass is 16.5. The number of piperidine rings is 2. The summed E-state index contributed by atoms with van der Waals surface area (Å²) in [5.74, 6) is -1.18. The van der Waals surface area contributed by atoms with Gasteiger partial charge in [-0.3, -0.25) is 14.4 Å². The predicted octanol–water partition coefficient (Wildman–Crippen LogP) is 1.74. The van der Waals surface area contributed by atoms with E-state index >= 15 is 0 Å². The van der Waals surface area contributed by atoms with Crippen molar-refractivity contribution in [2.24, 2.45) is 5.92 Å². The van der Waals surface area contributed by atoms with Crippen LogP contribution < -0.4 is 15.5 Å². The largest absolute Gasteiger partial charge is 0.453 e. The topological polar surface area (TPSA) is 108 Å². The second kappa shape index (κ2) is 10.1. The van der Waals surface area contributed by atoms with Crippen molar-refractivity contribution in [2.75, 3.05) is 43.5 Å². The molecule has 4 amide bonds. The number of methoxy groups -OCH3 is 1. The number of benzene rings is 1. The molecule has 0 unspecified atom stereocenters. The Labute approximate surface area is 175 Å². The third-order valence-corrected chi connectivity index (χ3v) is 5.54. The molecule has 0 bridgehead atoms. The van der Waals surface area contributed by atoms with E-state index in [1.54, 1.807) is 28.0 Å². The van der Waals surface area contributed by atoms with Gasteiger partial charge in [-0.05, 0) is 49.8 Å². The maximum Gasteiger partial charge on any atom is 0.409 e. The van der Waals surface area contributed by atoms with Crippen LogP contribution in [0, 0.1) is 5.92 Å². The smallest absolute Gasteiger partial charge is 0.409 e. The third kappa shape index (κ3) is 5.49. The highest BCUT2D eigenvalue weighted by Gasteiger charge is 2.24. The Morgan fingerprint density at radius 2 is 1.87 bits per heavy atom. The standard InChI is InChI=1S/C21H28N4O5/c1-30-21(29)24-11-8-15(9-12-24)14-22-19(27)20(28)23-16-5-4-6-17(13-16)25-10-3-2-7-18(25)26/h4-6,13,15H,2-3,7-12,14H2,1H3,(H,22,27)(H,23,28). The van der Waals surface area contributed by atoms with Gasteiger partial charge in [0.2, 0.25) is 5.91 Å². The number of anilines is 2. The zero-order valence-electron chi connectivity index (χ0n) is 17.2. The van der Waals surface area contributed by atoms with E-state index in [0.29, 0.717) is 38.3 Å². The van der Waals surface area contributed by atoms with E-state index in [2.05, 4.69) is 10.6 Å². The zero-order valence-corrected chi connectivity index (χ0v) is 17.2. The van der Waals surface area contributed by atoms with Crippen molar-refractivity contribution in [2.45, 2.75) is 32.1 Å². The van der Waals surface area contributed by atoms with E-state index in [9.17, 15) is 19.2 Å². The SMILES string of the molecule is COC(=O)N1CCC(CNC(=O)C(=O)Nc2cccc(N3CCCCC3=O)c2)CC1. The van der Waals surface area contributed by atoms with Crippen molar-refractivity contribution < 1.29 is 23.9 Å². The summed E-state index contributed by atoms with van der Waals surface area (Å²) < 4.78 is 4.71. The van der Waals surface area contributed by atoms with Crippen molar-refractivity contribution >= 4 is 35.2 Å². The van der Waals surface area contributed by atoms with E-state index in [-0.39, 0.29) is 17.9 Å². The number of hydrogen-bond acceptors (Lipinski definition) is 5. The average molecular weight is 416 g/mol. The zero-order chi connectivity index (χ0) is 21.5. The minimum absolute atomic E-state index is 0.0701. The molecule has 0 atom stereocenters. The fraction of sp³-hybridized carbons (Fsp3) is 0.524. The van der Waals surface area contributed by atoms with E-state index in [4.69, 9.17) is 4.74 Å². The summed E-state index contributed by atoms with van der Waals surface area (Å²) in [6.45, 7) is 2.18. The second-order valence-corrected chi connectivity index (χ2v) is 7.62. The number of carbonyl (C=O) groups is 4. The molecule has 2 saturated heterocycles. The number of ether oxygens (including phenoxy) is 1. The molecular weight excluding hydrogens is 388 g/mol. The van der Waals surface area contributed by atoms with E-state index in [1.165, 1.54) is 7.11 Å². The molecule has 0 radical (unpaired) electrons. The quantitative estimate of drug-likeness (QED) is 0.727. The van der Waals surface area contributed by atoms with Crippen LogP contribution in [0.25, 0.3) is 0 Å². The second-order valence-electron chi connectivity index (χ2n) is 7.62. The molecule has 0 saturated carbocycles. The molecular formula is C21H28N4O5. The number of hydrogen-bond donors (Lipinski definition) is 2. The molecule has 30 heavy (non-hydrogen) atoms. The summed E-state index contributed by atoms with van der Waals surface area (Å²) in [6.07, 6.45) is 3.51. The molecule has 2 N–H and O–H groups in total. The van der Waals surface area contributed by atoms with Gasteiger partial charge < -0.3 is 25.2 Å². The van der Waals surface area contributed by atoms with E-state index < -0.39 is 11.8 Å². The third-order valence-electron chi connectivity index (χ3n) is 5.54. The van der Waals surface area contributed by atoms with Crippen LogP contribution in [0.1, 0.15) is 32.1 Å². The van der Waals surface area contributed by atoms with Crippen LogP contribution in [0.5, 0.6) is 0 Å². The van der Waals surface area contributed by atoms with Crippen molar-refractivity contribution in [1.29, 1.82) is 0 Å². The lowest BCUT2D eigenvalue weighted by molar-refractivity contribution is -0.136. The summed E-state index contributed by atoms with van der Waals surface area (Å²) in [5.41, 5.74) is 1.19. The lowest BCUT2D eigenvalue weighted by atomic mass is 9.97. The number of nitrogens with one attached hydrogen (secondary N) is 2. The number of nitrogens with zero attached hydrogens (tertiary/aromatic N) is 2. The first kappa shape index (κ1) is 21.6. The molecule has 2 heterocycles. The maximum atomic E-state index is 12.2. The van der Waals surface area contributed by atoms with Gasteiger partial charge in [-0.25, -0.2) is 4.79 Å². The minimum atomic E-state index is -0.746. The van der Waals surface area contributed by atoms with Crippen molar-refractivity contribution in [1.82, 2.24) is 10.2 Å². The first-order valence-corrected chi connectivity index (χ1v) is 10.3. The van der Waals surface area contributed by atoms with Crippen molar-refractivity contribution in [3.63, 3.8) is 0 Å². The van der Waals surface area contributed by atoms with Gasteiger partial charge >= 0.3 is 17.9 Å². The minimum Gasteiger partial charge on any atom is -0.453 e. The normalized spacial score (nSPS) is 17.4. The number of carbonyl (C=O) groups excluding carboxylic acids is 4. The summed E-state index contributed by atoms with van der Waals surface area (Å²) in [4.78, 5) is 51.4. The summed E-state index contributed by atoms with van der Waals surface area (Å²) in [7, 11) is 1.35. The molecule has 0 aliphatic carbocycles. The summed E-state index contributed by atoms with van der Waals surface area (Å²) >= 11 is 0. The van der Waals surface area contributed by atoms with Gasteiger partial charge in [0.15, 0.2) is 0 Å². The van der Waals surface area contributed by atoms with Gasteiger partial charge in [-0.1, -0.05) is 6.07 Å². The number of likely N-dealkylation sites (tertiary alicyclic amines) is 1. The summed E-state index contributed by atoms with van der Waals surface area (Å²) in [6, 6.07) is 6.96. The fourth-order valence-electron chi connectivity index (χ4n) is 3.78. The van der Waals surface area contributed by atoms with Crippen molar-refractivity contribution in [3.05, 3.63) is 24.3 Å². The number of amides is 4. The Hall–Kier alpha value is -3.10. The highest BCUT2D eigenvalue weighted by molar-refractivity contribution is 6.39. The first-order valence-electron chi connectivity index (χ1n) is 10.3. The van der Waals surface area contributed by atoms with Crippen LogP contribution in [0.3, 0.4) is 0 Å². The highest BCUT2D eigenvalue weighted by Crippen LogP contribution is 2.24. The Bertz CT molecular complexity index is 804. The molecule has 1 aromatic carbocycles. The van der Waals surface area contributed by atoms with Crippen LogP contribution in [-0.4, -0.2) is 62.0 Å². The van der Waals surface area contributed by atoms with Crippen molar-refractivity contribution in [3.8, 4) is 0 Å². The monoisotopic (exact) mass is 416 g/mol. The van der Waals surface area contributed by atoms with Crippen LogP contribution in [0.15, 0.2) is 24.3 Å². The molecule has 0 spiro atoms. The maximum absolute atomic E-state index is 12.2. The van der Waals surface area contributed by atoms with Gasteiger partial charge in [-0.2, -0.15) is 0 Å². The molecule has 1 aromatic rings. The van der Waals surface area contributed by atoms with Gasteiger partial charge in [0.25, 0.3) is 0 Å². The van der Waals surface area contributed by atoms with Crippen LogP contribution >= 0.6 is 0 Å². The predicted molar refractivity (Wildman–Crippen MR) is 111 cm³/mol. The van der Waals surface area contributed by atoms with Crippen LogP contribution in [0.4, 0.5) is 16.2 Å². The van der Waals surface area contributed by atoms with Crippen LogP contribution in [0.2, 0.25) is 0 Å². The molecule has 3 rings (SSSR count). The Morgan fingerprint density at radius 3 is 2.57 bits per heavy atom. The lowest BCUT2D eigenvalue weighted by Crippen LogP contribution is -2.43. The van der Waals surface area contributed by atoms with Gasteiger partial charge in [-0.15, -0.1) is 0 Å². The molecule has 2 aliphatic rings. The van der Waals surface area contributed by atoms with Crippen LogP contribution in [-0.2, 0) is 19.1 Å². The summed E-state index contributed by atoms with van der Waals surface area (Å²) in [5, 5.41) is 5.26. The van der Waals surface area contributed by atoms with Gasteiger partial charge in [0.1, 0.15) is 0 Å². The molecule has 162 valence electrons. The van der Waals surface area contributed by atoms with E-state index in [0.717, 1.165) is 31.4 Å². The first-order chi connectivity index (χ1) is 14.5. The lowest BCUT2D eigenvalue weighted by Gasteiger charge is -2.30.